The fourth-order valence-electron chi connectivity index (χ4n) is 3.96. The molecule has 1 aliphatic rings. The van der Waals surface area contributed by atoms with Crippen LogP contribution in [0.1, 0.15) is 116 Å². The van der Waals surface area contributed by atoms with Gasteiger partial charge in [0, 0.05) is 5.57 Å². The quantitative estimate of drug-likeness (QED) is 0.141. The first kappa shape index (κ1) is 27.6. The molecule has 0 heterocycles. The molecular weight excluding hydrogens is 416 g/mol. The monoisotopic (exact) mass is 456 g/mol. The van der Waals surface area contributed by atoms with Crippen LogP contribution in [0, 0.1) is 0 Å². The molecule has 0 amide bonds. The van der Waals surface area contributed by atoms with Gasteiger partial charge in [-0.1, -0.05) is 103 Å². The van der Waals surface area contributed by atoms with Crippen molar-refractivity contribution in [1.29, 1.82) is 0 Å². The molecule has 0 saturated heterocycles. The van der Waals surface area contributed by atoms with E-state index < -0.39 is 32.3 Å². The number of aliphatic hydroxyl groups excluding tert-OH is 1. The van der Waals surface area contributed by atoms with E-state index in [9.17, 15) is 23.1 Å². The standard InChI is InChI=1S/C24H40O6S/c1-2-3-4-5-6-7-8-9-10-11-12-13-14-15-16-17-18-20-19-21(25)24(31(28,29)30)23(27)22(20)26/h19,27H,2-18H2,1H3,(H,28,29,30). The normalized spacial score (nSPS) is 15.0. The number of Topliss-reactive ketones (excluding diaryl/α,β-unsaturated/α-hetero) is 1. The van der Waals surface area contributed by atoms with Crippen LogP contribution in [0.2, 0.25) is 0 Å². The summed E-state index contributed by atoms with van der Waals surface area (Å²) in [5, 5.41) is 9.68. The Morgan fingerprint density at radius 1 is 0.710 bits per heavy atom. The minimum absolute atomic E-state index is 0.0975. The summed E-state index contributed by atoms with van der Waals surface area (Å²) in [6, 6.07) is 0. The average molecular weight is 457 g/mol. The zero-order chi connectivity index (χ0) is 23.1. The highest BCUT2D eigenvalue weighted by molar-refractivity contribution is 7.91. The van der Waals surface area contributed by atoms with Crippen LogP contribution in [-0.4, -0.2) is 29.6 Å². The second kappa shape index (κ2) is 15.4. The predicted molar refractivity (Wildman–Crippen MR) is 123 cm³/mol. The van der Waals surface area contributed by atoms with Crippen LogP contribution in [0.4, 0.5) is 0 Å². The van der Waals surface area contributed by atoms with Crippen LogP contribution in [0.3, 0.4) is 0 Å². The number of carbonyl (C=O) groups is 2. The van der Waals surface area contributed by atoms with Gasteiger partial charge < -0.3 is 5.11 Å². The number of allylic oxidation sites excluding steroid dienone is 3. The predicted octanol–water partition coefficient (Wildman–Crippen LogP) is 6.37. The minimum Gasteiger partial charge on any atom is -0.503 e. The van der Waals surface area contributed by atoms with Crippen molar-refractivity contribution >= 4 is 21.7 Å². The van der Waals surface area contributed by atoms with Crippen LogP contribution in [-0.2, 0) is 19.7 Å². The van der Waals surface area contributed by atoms with Crippen LogP contribution >= 0.6 is 0 Å². The first-order valence-corrected chi connectivity index (χ1v) is 13.4. The maximum atomic E-state index is 12.0. The van der Waals surface area contributed by atoms with Crippen molar-refractivity contribution < 1.29 is 27.7 Å². The highest BCUT2D eigenvalue weighted by atomic mass is 32.2. The summed E-state index contributed by atoms with van der Waals surface area (Å²) in [6.07, 6.45) is 21.0. The van der Waals surface area contributed by atoms with Crippen molar-refractivity contribution in [2.24, 2.45) is 0 Å². The van der Waals surface area contributed by atoms with Crippen LogP contribution in [0.15, 0.2) is 22.3 Å². The van der Waals surface area contributed by atoms with Gasteiger partial charge in [0.15, 0.2) is 10.7 Å². The average Bonchev–Trinajstić information content (AvgIpc) is 2.70. The zero-order valence-electron chi connectivity index (χ0n) is 19.0. The third-order valence-corrected chi connectivity index (χ3v) is 6.72. The summed E-state index contributed by atoms with van der Waals surface area (Å²) in [5.41, 5.74) is 0.0975. The van der Waals surface area contributed by atoms with E-state index in [2.05, 4.69) is 6.92 Å². The van der Waals surface area contributed by atoms with Gasteiger partial charge in [0.25, 0.3) is 0 Å². The number of hydrogen-bond donors (Lipinski definition) is 2. The molecule has 0 aliphatic heterocycles. The van der Waals surface area contributed by atoms with Crippen LogP contribution in [0.5, 0.6) is 0 Å². The Balaban J connectivity index is 2.03. The van der Waals surface area contributed by atoms with E-state index in [1.54, 1.807) is 0 Å². The molecule has 0 radical (unpaired) electrons. The third-order valence-electron chi connectivity index (χ3n) is 5.81. The second-order valence-corrected chi connectivity index (χ2v) is 9.93. The Hall–Kier alpha value is -1.47. The molecule has 0 aromatic heterocycles. The SMILES string of the molecule is CCCCCCCCCCCCCCCCCCC1=CC(=O)C(S(=O)(=O)O)=C(O)C1=O. The van der Waals surface area contributed by atoms with Crippen molar-refractivity contribution in [3.8, 4) is 0 Å². The van der Waals surface area contributed by atoms with Gasteiger partial charge in [0.05, 0.1) is 0 Å². The second-order valence-electron chi connectivity index (χ2n) is 8.57. The molecule has 0 fully saturated rings. The van der Waals surface area contributed by atoms with Gasteiger partial charge in [-0.2, -0.15) is 8.42 Å². The number of rotatable bonds is 18. The molecule has 0 spiro atoms. The number of hydrogen-bond acceptors (Lipinski definition) is 5. The van der Waals surface area contributed by atoms with Gasteiger partial charge >= 0.3 is 10.1 Å². The lowest BCUT2D eigenvalue weighted by molar-refractivity contribution is -0.117. The van der Waals surface area contributed by atoms with Gasteiger partial charge in [-0.25, -0.2) is 0 Å². The summed E-state index contributed by atoms with van der Waals surface area (Å²) in [6.45, 7) is 2.25. The number of ketones is 2. The van der Waals surface area contributed by atoms with E-state index in [0.717, 1.165) is 25.3 Å². The smallest absolute Gasteiger partial charge is 0.302 e. The Kier molecular flexibility index (Phi) is 13.7. The fraction of sp³-hybridized carbons (Fsp3) is 0.750. The molecule has 1 aliphatic carbocycles. The summed E-state index contributed by atoms with van der Waals surface area (Å²) < 4.78 is 31.2. The molecule has 7 heteroatoms. The molecule has 0 bridgehead atoms. The molecule has 1 rings (SSSR count). The maximum absolute atomic E-state index is 12.0. The van der Waals surface area contributed by atoms with Gasteiger partial charge in [0.1, 0.15) is 0 Å². The van der Waals surface area contributed by atoms with E-state index in [4.69, 9.17) is 4.55 Å². The molecular formula is C24H40O6S. The fourth-order valence-corrected chi connectivity index (χ4v) is 4.61. The van der Waals surface area contributed by atoms with E-state index in [-0.39, 0.29) is 5.57 Å². The Morgan fingerprint density at radius 3 is 1.48 bits per heavy atom. The summed E-state index contributed by atoms with van der Waals surface area (Å²) in [7, 11) is -4.92. The molecule has 0 saturated carbocycles. The lowest BCUT2D eigenvalue weighted by atomic mass is 9.96. The first-order chi connectivity index (χ1) is 14.8. The maximum Gasteiger partial charge on any atom is 0.302 e. The Bertz CT molecular complexity index is 733. The molecule has 0 aromatic rings. The van der Waals surface area contributed by atoms with Gasteiger partial charge in [-0.05, 0) is 18.9 Å². The van der Waals surface area contributed by atoms with Crippen molar-refractivity contribution in [2.45, 2.75) is 116 Å². The largest absolute Gasteiger partial charge is 0.503 e. The molecule has 0 aromatic carbocycles. The Labute approximate surface area is 187 Å². The third kappa shape index (κ3) is 11.1. The molecule has 31 heavy (non-hydrogen) atoms. The van der Waals surface area contributed by atoms with E-state index in [0.29, 0.717) is 12.8 Å². The molecule has 2 N–H and O–H groups in total. The highest BCUT2D eigenvalue weighted by Gasteiger charge is 2.35. The van der Waals surface area contributed by atoms with Crippen molar-refractivity contribution in [3.63, 3.8) is 0 Å². The topological polar surface area (TPSA) is 109 Å². The number of carbonyl (C=O) groups excluding carboxylic acids is 2. The van der Waals surface area contributed by atoms with Crippen molar-refractivity contribution in [2.75, 3.05) is 0 Å². The van der Waals surface area contributed by atoms with Gasteiger partial charge in [-0.3, -0.25) is 14.1 Å². The van der Waals surface area contributed by atoms with E-state index in [1.807, 2.05) is 0 Å². The lowest BCUT2D eigenvalue weighted by Gasteiger charge is -2.13. The molecule has 0 atom stereocenters. The zero-order valence-corrected chi connectivity index (χ0v) is 19.9. The summed E-state index contributed by atoms with van der Waals surface area (Å²) in [4.78, 5) is 22.6. The van der Waals surface area contributed by atoms with Gasteiger partial charge in [-0.15, -0.1) is 0 Å². The van der Waals surface area contributed by atoms with E-state index >= 15 is 0 Å². The number of unbranched alkanes of at least 4 members (excludes halogenated alkanes) is 15. The van der Waals surface area contributed by atoms with Crippen molar-refractivity contribution in [1.82, 2.24) is 0 Å². The van der Waals surface area contributed by atoms with Crippen molar-refractivity contribution in [3.05, 3.63) is 22.3 Å². The molecule has 6 nitrogen and oxygen atoms in total. The minimum atomic E-state index is -4.92. The van der Waals surface area contributed by atoms with Crippen LogP contribution in [0.25, 0.3) is 0 Å². The first-order valence-electron chi connectivity index (χ1n) is 12.0. The summed E-state index contributed by atoms with van der Waals surface area (Å²) in [5.74, 6) is -3.12. The molecule has 178 valence electrons. The van der Waals surface area contributed by atoms with Crippen LogP contribution < -0.4 is 0 Å². The summed E-state index contributed by atoms with van der Waals surface area (Å²) >= 11 is 0. The highest BCUT2D eigenvalue weighted by Crippen LogP contribution is 2.24. The lowest BCUT2D eigenvalue weighted by Crippen LogP contribution is -2.24. The number of aliphatic hydroxyl groups is 1. The molecule has 0 unspecified atom stereocenters. The van der Waals surface area contributed by atoms with Gasteiger partial charge in [0.2, 0.25) is 11.6 Å². The Morgan fingerprint density at radius 2 is 1.10 bits per heavy atom. The van der Waals surface area contributed by atoms with E-state index in [1.165, 1.54) is 77.0 Å².